The molecular formula is C14H24N3O3S. The molecule has 1 amide bonds. The van der Waals surface area contributed by atoms with Crippen molar-refractivity contribution in [3.63, 3.8) is 0 Å². The highest BCUT2D eigenvalue weighted by Crippen LogP contribution is 2.43. The number of piperidine rings is 1. The SMILES string of the molecule is NC(=O)[C@]12C[CH]C[C@H](CC1)N2CCN1CCS(=O)(=O)CC1. The van der Waals surface area contributed by atoms with Crippen LogP contribution in [-0.2, 0) is 14.6 Å². The first kappa shape index (κ1) is 15.2. The first-order valence-corrected chi connectivity index (χ1v) is 9.56. The summed E-state index contributed by atoms with van der Waals surface area (Å²) < 4.78 is 22.9. The number of hydrogen-bond donors (Lipinski definition) is 1. The van der Waals surface area contributed by atoms with Crippen molar-refractivity contribution in [2.24, 2.45) is 5.73 Å². The third kappa shape index (κ3) is 2.83. The fourth-order valence-electron chi connectivity index (χ4n) is 4.02. The Morgan fingerprint density at radius 2 is 2.00 bits per heavy atom. The van der Waals surface area contributed by atoms with Crippen molar-refractivity contribution in [1.82, 2.24) is 9.80 Å². The molecule has 2 bridgehead atoms. The number of hydrogen-bond acceptors (Lipinski definition) is 5. The summed E-state index contributed by atoms with van der Waals surface area (Å²) in [4.78, 5) is 16.4. The van der Waals surface area contributed by atoms with E-state index in [1.54, 1.807) is 0 Å². The zero-order valence-corrected chi connectivity index (χ0v) is 13.1. The van der Waals surface area contributed by atoms with Gasteiger partial charge in [-0.3, -0.25) is 9.69 Å². The highest BCUT2D eigenvalue weighted by atomic mass is 32.2. The molecule has 0 unspecified atom stereocenters. The third-order valence-corrected chi connectivity index (χ3v) is 6.96. The van der Waals surface area contributed by atoms with Crippen molar-refractivity contribution >= 4 is 15.7 Å². The van der Waals surface area contributed by atoms with E-state index in [1.165, 1.54) is 0 Å². The van der Waals surface area contributed by atoms with Gasteiger partial charge in [-0.1, -0.05) is 0 Å². The maximum atomic E-state index is 11.9. The zero-order valence-electron chi connectivity index (χ0n) is 12.3. The van der Waals surface area contributed by atoms with Crippen LogP contribution in [0.4, 0.5) is 0 Å². The molecule has 3 aliphatic rings. The predicted molar refractivity (Wildman–Crippen MR) is 80.3 cm³/mol. The average Bonchev–Trinajstić information content (AvgIpc) is 2.64. The van der Waals surface area contributed by atoms with Crippen LogP contribution in [0.2, 0.25) is 0 Å². The Morgan fingerprint density at radius 1 is 1.29 bits per heavy atom. The largest absolute Gasteiger partial charge is 0.368 e. The topological polar surface area (TPSA) is 83.7 Å². The number of carbonyl (C=O) groups is 1. The number of nitrogens with two attached hydrogens (primary N) is 1. The van der Waals surface area contributed by atoms with Crippen LogP contribution in [0.3, 0.4) is 0 Å². The van der Waals surface area contributed by atoms with E-state index in [1.807, 2.05) is 0 Å². The van der Waals surface area contributed by atoms with Crippen LogP contribution >= 0.6 is 0 Å². The number of sulfone groups is 1. The minimum absolute atomic E-state index is 0.206. The monoisotopic (exact) mass is 314 g/mol. The summed E-state index contributed by atoms with van der Waals surface area (Å²) in [6, 6.07) is 0.430. The van der Waals surface area contributed by atoms with E-state index in [0.717, 1.165) is 38.8 Å². The molecule has 3 saturated heterocycles. The number of carbonyl (C=O) groups excluding carboxylic acids is 1. The highest BCUT2D eigenvalue weighted by molar-refractivity contribution is 7.91. The van der Waals surface area contributed by atoms with E-state index in [9.17, 15) is 13.2 Å². The van der Waals surface area contributed by atoms with Crippen LogP contribution in [0.5, 0.6) is 0 Å². The molecule has 0 spiro atoms. The van der Waals surface area contributed by atoms with Crippen molar-refractivity contribution in [2.75, 3.05) is 37.7 Å². The van der Waals surface area contributed by atoms with Gasteiger partial charge in [-0.05, 0) is 32.1 Å². The molecule has 0 aromatic carbocycles. The molecule has 7 heteroatoms. The fourth-order valence-corrected chi connectivity index (χ4v) is 5.30. The highest BCUT2D eigenvalue weighted by Gasteiger charge is 2.52. The maximum Gasteiger partial charge on any atom is 0.237 e. The molecule has 3 fully saturated rings. The third-order valence-electron chi connectivity index (χ3n) is 5.36. The Kier molecular flexibility index (Phi) is 4.00. The molecule has 21 heavy (non-hydrogen) atoms. The van der Waals surface area contributed by atoms with Gasteiger partial charge >= 0.3 is 0 Å². The van der Waals surface area contributed by atoms with Crippen LogP contribution < -0.4 is 5.73 Å². The molecule has 2 N–H and O–H groups in total. The van der Waals surface area contributed by atoms with Crippen molar-refractivity contribution < 1.29 is 13.2 Å². The lowest BCUT2D eigenvalue weighted by atomic mass is 9.87. The second kappa shape index (κ2) is 5.52. The summed E-state index contributed by atoms with van der Waals surface area (Å²) in [5.74, 6) is 0.304. The van der Waals surface area contributed by atoms with Crippen molar-refractivity contribution in [3.05, 3.63) is 6.42 Å². The van der Waals surface area contributed by atoms with Crippen LogP contribution in [0.1, 0.15) is 25.7 Å². The summed E-state index contributed by atoms with van der Waals surface area (Å²) in [5.41, 5.74) is 5.20. The molecule has 1 radical (unpaired) electrons. The molecule has 0 aliphatic carbocycles. The number of rotatable bonds is 4. The summed E-state index contributed by atoms with van der Waals surface area (Å²) in [5, 5.41) is 0. The van der Waals surface area contributed by atoms with Crippen molar-refractivity contribution in [2.45, 2.75) is 37.3 Å². The second-order valence-electron chi connectivity index (χ2n) is 6.50. The number of nitrogens with zero attached hydrogens (tertiary/aromatic N) is 2. The Balaban J connectivity index is 1.61. The lowest BCUT2D eigenvalue weighted by Gasteiger charge is -2.43. The lowest BCUT2D eigenvalue weighted by molar-refractivity contribution is -0.130. The van der Waals surface area contributed by atoms with Gasteiger partial charge in [-0.2, -0.15) is 0 Å². The molecule has 3 rings (SSSR count). The molecule has 0 aromatic rings. The van der Waals surface area contributed by atoms with Gasteiger partial charge in [-0.15, -0.1) is 0 Å². The summed E-state index contributed by atoms with van der Waals surface area (Å²) >= 11 is 0. The molecule has 0 aromatic heterocycles. The van der Waals surface area contributed by atoms with Gasteiger partial charge in [0.25, 0.3) is 0 Å². The number of primary amides is 1. The van der Waals surface area contributed by atoms with E-state index in [0.29, 0.717) is 19.1 Å². The summed E-state index contributed by atoms with van der Waals surface area (Å²) in [6.07, 6.45) is 5.88. The van der Waals surface area contributed by atoms with Crippen molar-refractivity contribution in [3.8, 4) is 0 Å². The van der Waals surface area contributed by atoms with Crippen LogP contribution in [-0.4, -0.2) is 73.4 Å². The smallest absolute Gasteiger partial charge is 0.237 e. The quantitative estimate of drug-likeness (QED) is 0.749. The zero-order chi connectivity index (χ0) is 15.1. The second-order valence-corrected chi connectivity index (χ2v) is 8.81. The maximum absolute atomic E-state index is 11.9. The number of fused-ring (bicyclic) bond motifs is 2. The molecule has 3 heterocycles. The molecule has 6 nitrogen and oxygen atoms in total. The Morgan fingerprint density at radius 3 is 2.67 bits per heavy atom. The van der Waals surface area contributed by atoms with Gasteiger partial charge in [-0.25, -0.2) is 8.42 Å². The van der Waals surface area contributed by atoms with Crippen LogP contribution in [0.25, 0.3) is 0 Å². The van der Waals surface area contributed by atoms with E-state index in [2.05, 4.69) is 16.2 Å². The normalized spacial score (nSPS) is 36.7. The molecule has 3 aliphatic heterocycles. The minimum atomic E-state index is -2.83. The van der Waals surface area contributed by atoms with E-state index in [-0.39, 0.29) is 17.4 Å². The molecular weight excluding hydrogens is 290 g/mol. The molecule has 119 valence electrons. The van der Waals surface area contributed by atoms with Gasteiger partial charge < -0.3 is 10.6 Å². The van der Waals surface area contributed by atoms with E-state index in [4.69, 9.17) is 5.73 Å². The first-order valence-electron chi connectivity index (χ1n) is 7.74. The lowest BCUT2D eigenvalue weighted by Crippen LogP contribution is -2.59. The number of amides is 1. The minimum Gasteiger partial charge on any atom is -0.368 e. The van der Waals surface area contributed by atoms with E-state index >= 15 is 0 Å². The summed E-state index contributed by atoms with van der Waals surface area (Å²) in [7, 11) is -2.83. The van der Waals surface area contributed by atoms with E-state index < -0.39 is 15.4 Å². The standard InChI is InChI=1S/C14H24N3O3S/c15-13(18)14-4-1-2-12(3-5-14)17(14)7-6-16-8-10-21(19,20)11-9-16/h1,12H,2-11H2,(H2,15,18)/t12-,14+/m1/s1. The van der Waals surface area contributed by atoms with Gasteiger partial charge in [0.15, 0.2) is 9.84 Å². The fraction of sp³-hybridized carbons (Fsp3) is 0.857. The molecule has 2 atom stereocenters. The Bertz CT molecular complexity index is 504. The van der Waals surface area contributed by atoms with Crippen LogP contribution in [0.15, 0.2) is 0 Å². The van der Waals surface area contributed by atoms with Gasteiger partial charge in [0, 0.05) is 32.2 Å². The van der Waals surface area contributed by atoms with Crippen LogP contribution in [0, 0.1) is 6.42 Å². The van der Waals surface area contributed by atoms with Gasteiger partial charge in [0.2, 0.25) is 5.91 Å². The van der Waals surface area contributed by atoms with Gasteiger partial charge in [0.1, 0.15) is 5.54 Å². The van der Waals surface area contributed by atoms with Crippen molar-refractivity contribution in [1.29, 1.82) is 0 Å². The first-order chi connectivity index (χ1) is 9.93. The Labute approximate surface area is 126 Å². The predicted octanol–water partition coefficient (Wildman–Crippen LogP) is -0.597. The summed E-state index contributed by atoms with van der Waals surface area (Å²) in [6.45, 7) is 2.84. The Hall–Kier alpha value is -0.660. The molecule has 0 saturated carbocycles. The average molecular weight is 314 g/mol. The van der Waals surface area contributed by atoms with Gasteiger partial charge in [0.05, 0.1) is 11.5 Å².